The average Bonchev–Trinajstić information content (AvgIpc) is 2.91. The number of nitrogens with one attached hydrogen (secondary N) is 1. The van der Waals surface area contributed by atoms with E-state index in [9.17, 15) is 0 Å². The summed E-state index contributed by atoms with van der Waals surface area (Å²) >= 11 is 1.74. The molecule has 106 valence electrons. The Morgan fingerprint density at radius 3 is 2.90 bits per heavy atom. The van der Waals surface area contributed by atoms with E-state index in [0.29, 0.717) is 0 Å². The van der Waals surface area contributed by atoms with Crippen molar-refractivity contribution in [1.29, 1.82) is 0 Å². The van der Waals surface area contributed by atoms with E-state index >= 15 is 0 Å². The quantitative estimate of drug-likeness (QED) is 0.935. The summed E-state index contributed by atoms with van der Waals surface area (Å²) in [5, 5.41) is 6.93. The van der Waals surface area contributed by atoms with Crippen LogP contribution in [0.25, 0.3) is 0 Å². The lowest BCUT2D eigenvalue weighted by Gasteiger charge is -2.27. The van der Waals surface area contributed by atoms with Gasteiger partial charge in [-0.25, -0.2) is 4.98 Å². The molecule has 0 radical (unpaired) electrons. The van der Waals surface area contributed by atoms with Crippen molar-refractivity contribution in [1.82, 2.24) is 10.3 Å². The maximum atomic E-state index is 6.04. The molecule has 3 rings (SSSR count). The molecule has 0 saturated heterocycles. The molecular weight excluding hydrogens is 268 g/mol. The molecule has 0 bridgehead atoms. The van der Waals surface area contributed by atoms with Gasteiger partial charge in [-0.3, -0.25) is 0 Å². The van der Waals surface area contributed by atoms with E-state index in [1.54, 1.807) is 11.3 Å². The van der Waals surface area contributed by atoms with Gasteiger partial charge in [0, 0.05) is 29.6 Å². The second-order valence-corrected chi connectivity index (χ2v) is 6.71. The molecule has 1 aromatic carbocycles. The molecule has 1 unspecified atom stereocenters. The minimum absolute atomic E-state index is 0.206. The minimum atomic E-state index is -0.206. The molecule has 3 nitrogen and oxygen atoms in total. The van der Waals surface area contributed by atoms with Gasteiger partial charge in [0.15, 0.2) is 0 Å². The van der Waals surface area contributed by atoms with Gasteiger partial charge >= 0.3 is 0 Å². The summed E-state index contributed by atoms with van der Waals surface area (Å²) in [6.45, 7) is 7.23. The molecule has 1 N–H and O–H groups in total. The van der Waals surface area contributed by atoms with Gasteiger partial charge in [-0.05, 0) is 26.8 Å². The maximum Gasteiger partial charge on any atom is 0.125 e. The molecule has 1 aliphatic heterocycles. The monoisotopic (exact) mass is 288 g/mol. The molecule has 0 fully saturated rings. The Balaban J connectivity index is 1.67. The number of aryl methyl sites for hydroxylation is 1. The molecule has 2 aromatic rings. The van der Waals surface area contributed by atoms with Crippen molar-refractivity contribution >= 4 is 11.3 Å². The Kier molecular flexibility index (Phi) is 3.52. The zero-order valence-corrected chi connectivity index (χ0v) is 13.0. The predicted octanol–water partition coefficient (Wildman–Crippen LogP) is 3.50. The number of hydrogen-bond donors (Lipinski definition) is 1. The van der Waals surface area contributed by atoms with Crippen molar-refractivity contribution in [3.8, 4) is 5.75 Å². The fourth-order valence-electron chi connectivity index (χ4n) is 2.73. The van der Waals surface area contributed by atoms with Gasteiger partial charge in [0.05, 0.1) is 11.0 Å². The lowest BCUT2D eigenvalue weighted by molar-refractivity contribution is 0.0968. The highest BCUT2D eigenvalue weighted by Gasteiger charge is 2.40. The molecule has 0 aliphatic carbocycles. The number of nitrogens with zero attached hydrogens (tertiary/aromatic N) is 1. The van der Waals surface area contributed by atoms with Gasteiger partial charge in [0.25, 0.3) is 0 Å². The lowest BCUT2D eigenvalue weighted by Crippen LogP contribution is -2.39. The molecule has 1 aliphatic rings. The zero-order chi connectivity index (χ0) is 14.2. The Morgan fingerprint density at radius 1 is 1.35 bits per heavy atom. The van der Waals surface area contributed by atoms with Crippen LogP contribution < -0.4 is 10.1 Å². The number of fused-ring (bicyclic) bond motifs is 1. The number of thiazole rings is 1. The third kappa shape index (κ3) is 2.58. The topological polar surface area (TPSA) is 34.1 Å². The van der Waals surface area contributed by atoms with E-state index in [-0.39, 0.29) is 11.6 Å². The van der Waals surface area contributed by atoms with Crippen molar-refractivity contribution in [2.24, 2.45) is 0 Å². The summed E-state index contributed by atoms with van der Waals surface area (Å²) in [4.78, 5) is 4.50. The Morgan fingerprint density at radius 2 is 2.15 bits per heavy atom. The first-order chi connectivity index (χ1) is 9.56. The van der Waals surface area contributed by atoms with Crippen LogP contribution in [0.1, 0.15) is 36.2 Å². The Bertz CT molecular complexity index is 606. The smallest absolute Gasteiger partial charge is 0.125 e. The highest BCUT2D eigenvalue weighted by atomic mass is 32.1. The summed E-state index contributed by atoms with van der Waals surface area (Å²) in [6.07, 6.45) is 0.966. The molecule has 0 amide bonds. The summed E-state index contributed by atoms with van der Waals surface area (Å²) in [5.41, 5.74) is 2.16. The number of benzene rings is 1. The fraction of sp³-hybridized carbons (Fsp3) is 0.438. The van der Waals surface area contributed by atoms with Crippen molar-refractivity contribution in [2.75, 3.05) is 6.54 Å². The third-order valence-corrected chi connectivity index (χ3v) is 4.68. The number of para-hydroxylation sites is 1. The number of ether oxygens (including phenoxy) is 1. The second-order valence-electron chi connectivity index (χ2n) is 5.76. The number of rotatable bonds is 4. The van der Waals surface area contributed by atoms with E-state index in [1.165, 1.54) is 10.6 Å². The normalized spacial score (nSPS) is 19.6. The average molecular weight is 288 g/mol. The van der Waals surface area contributed by atoms with Crippen molar-refractivity contribution in [3.63, 3.8) is 0 Å². The highest BCUT2D eigenvalue weighted by molar-refractivity contribution is 7.09. The van der Waals surface area contributed by atoms with Crippen LogP contribution in [0.4, 0.5) is 0 Å². The van der Waals surface area contributed by atoms with Crippen LogP contribution in [0.3, 0.4) is 0 Å². The molecule has 0 spiro atoms. The summed E-state index contributed by atoms with van der Waals surface area (Å²) < 4.78 is 6.04. The van der Waals surface area contributed by atoms with Gasteiger partial charge in [0.1, 0.15) is 11.4 Å². The van der Waals surface area contributed by atoms with Crippen LogP contribution in [0.15, 0.2) is 29.6 Å². The predicted molar refractivity (Wildman–Crippen MR) is 82.4 cm³/mol. The highest BCUT2D eigenvalue weighted by Crippen LogP contribution is 2.42. The first kappa shape index (κ1) is 13.6. The van der Waals surface area contributed by atoms with Gasteiger partial charge < -0.3 is 10.1 Å². The molecular formula is C16H20N2OS. The molecule has 1 atom stereocenters. The lowest BCUT2D eigenvalue weighted by atomic mass is 9.94. The summed E-state index contributed by atoms with van der Waals surface area (Å²) in [6, 6.07) is 8.52. The van der Waals surface area contributed by atoms with E-state index in [2.05, 4.69) is 41.7 Å². The van der Waals surface area contributed by atoms with Crippen LogP contribution in [0.5, 0.6) is 5.75 Å². The van der Waals surface area contributed by atoms with Crippen LogP contribution >= 0.6 is 11.3 Å². The fourth-order valence-corrected chi connectivity index (χ4v) is 3.50. The van der Waals surface area contributed by atoms with E-state index < -0.39 is 0 Å². The number of hydrogen-bond acceptors (Lipinski definition) is 4. The van der Waals surface area contributed by atoms with E-state index in [0.717, 1.165) is 24.4 Å². The van der Waals surface area contributed by atoms with Gasteiger partial charge in [-0.2, -0.15) is 0 Å². The standard InChI is InChI=1S/C16H20N2OS/c1-11-10-20-14(18-11)8-9-17-15-12-6-4-5-7-13(12)19-16(15,2)3/h4-7,10,15,17H,8-9H2,1-3H3. The molecule has 1 aromatic heterocycles. The SMILES string of the molecule is Cc1csc(CCNC2c3ccccc3OC2(C)C)n1. The molecule has 2 heterocycles. The maximum absolute atomic E-state index is 6.04. The van der Waals surface area contributed by atoms with Crippen LogP contribution in [0, 0.1) is 6.92 Å². The van der Waals surface area contributed by atoms with Crippen LogP contribution in [-0.4, -0.2) is 17.1 Å². The second kappa shape index (κ2) is 5.19. The Labute approximate surface area is 124 Å². The third-order valence-electron chi connectivity index (χ3n) is 3.65. The Hall–Kier alpha value is -1.39. The van der Waals surface area contributed by atoms with Crippen LogP contribution in [0.2, 0.25) is 0 Å². The van der Waals surface area contributed by atoms with Crippen molar-refractivity contribution in [2.45, 2.75) is 38.8 Å². The van der Waals surface area contributed by atoms with Gasteiger partial charge in [-0.1, -0.05) is 18.2 Å². The molecule has 20 heavy (non-hydrogen) atoms. The zero-order valence-electron chi connectivity index (χ0n) is 12.1. The van der Waals surface area contributed by atoms with Crippen LogP contribution in [-0.2, 0) is 6.42 Å². The van der Waals surface area contributed by atoms with Gasteiger partial charge in [-0.15, -0.1) is 11.3 Å². The van der Waals surface area contributed by atoms with E-state index in [4.69, 9.17) is 4.74 Å². The number of aromatic nitrogens is 1. The molecule has 0 saturated carbocycles. The summed E-state index contributed by atoms with van der Waals surface area (Å²) in [5.74, 6) is 1.00. The first-order valence-corrected chi connectivity index (χ1v) is 7.86. The largest absolute Gasteiger partial charge is 0.486 e. The van der Waals surface area contributed by atoms with Gasteiger partial charge in [0.2, 0.25) is 0 Å². The van der Waals surface area contributed by atoms with Crippen molar-refractivity contribution in [3.05, 3.63) is 45.9 Å². The minimum Gasteiger partial charge on any atom is -0.486 e. The first-order valence-electron chi connectivity index (χ1n) is 6.98. The van der Waals surface area contributed by atoms with E-state index in [1.807, 2.05) is 19.1 Å². The molecule has 4 heteroatoms. The summed E-state index contributed by atoms with van der Waals surface area (Å²) in [7, 11) is 0. The van der Waals surface area contributed by atoms with Crippen molar-refractivity contribution < 1.29 is 4.74 Å².